The van der Waals surface area contributed by atoms with E-state index in [1.165, 1.54) is 31.3 Å². The summed E-state index contributed by atoms with van der Waals surface area (Å²) in [6.07, 6.45) is 5.49. The van der Waals surface area contributed by atoms with Crippen molar-refractivity contribution in [2.24, 2.45) is 17.6 Å². The molecule has 0 heterocycles. The molecule has 0 aromatic carbocycles. The van der Waals surface area contributed by atoms with E-state index in [1.807, 2.05) is 0 Å². The molecule has 0 saturated heterocycles. The van der Waals surface area contributed by atoms with Crippen LogP contribution < -0.4 is 5.73 Å². The highest BCUT2D eigenvalue weighted by molar-refractivity contribution is 5.19. The van der Waals surface area contributed by atoms with Crippen LogP contribution in [0.3, 0.4) is 0 Å². The first kappa shape index (κ1) is 6.41. The third-order valence-corrected chi connectivity index (χ3v) is 3.19. The monoisotopic (exact) mass is 137 g/mol. The summed E-state index contributed by atoms with van der Waals surface area (Å²) in [7, 11) is 0. The quantitative estimate of drug-likeness (QED) is 0.547. The highest BCUT2D eigenvalue weighted by Gasteiger charge is 2.39. The third-order valence-electron chi connectivity index (χ3n) is 3.19. The van der Waals surface area contributed by atoms with Gasteiger partial charge in [-0.2, -0.15) is 0 Å². The van der Waals surface area contributed by atoms with E-state index in [2.05, 4.69) is 6.58 Å². The van der Waals surface area contributed by atoms with Crippen LogP contribution in [0.15, 0.2) is 12.2 Å². The first-order valence-corrected chi connectivity index (χ1v) is 4.22. The second kappa shape index (κ2) is 2.09. The molecule has 2 unspecified atom stereocenters. The molecule has 56 valence electrons. The highest BCUT2D eigenvalue weighted by atomic mass is 14.7. The molecule has 1 nitrogen and oxygen atoms in total. The number of nitrogens with two attached hydrogens (primary N) is 1. The Morgan fingerprint density at radius 1 is 1.40 bits per heavy atom. The molecule has 0 aromatic heterocycles. The van der Waals surface area contributed by atoms with Crippen LogP contribution in [-0.2, 0) is 0 Å². The van der Waals surface area contributed by atoms with E-state index in [1.54, 1.807) is 0 Å². The third kappa shape index (κ3) is 0.734. The lowest BCUT2D eigenvalue weighted by atomic mass is 9.62. The molecule has 0 aromatic rings. The van der Waals surface area contributed by atoms with Crippen molar-refractivity contribution >= 4 is 0 Å². The zero-order chi connectivity index (χ0) is 7.14. The van der Waals surface area contributed by atoms with Crippen LogP contribution >= 0.6 is 0 Å². The molecule has 0 bridgehead atoms. The maximum absolute atomic E-state index is 5.88. The van der Waals surface area contributed by atoms with Crippen LogP contribution in [0.1, 0.15) is 25.7 Å². The van der Waals surface area contributed by atoms with E-state index in [4.69, 9.17) is 5.73 Å². The average molecular weight is 137 g/mol. The van der Waals surface area contributed by atoms with Gasteiger partial charge < -0.3 is 5.73 Å². The molecular weight excluding hydrogens is 122 g/mol. The summed E-state index contributed by atoms with van der Waals surface area (Å²) in [6, 6.07) is 0.352. The molecule has 2 fully saturated rings. The lowest BCUT2D eigenvalue weighted by Gasteiger charge is -2.45. The Morgan fingerprint density at radius 3 is 2.40 bits per heavy atom. The summed E-state index contributed by atoms with van der Waals surface area (Å²) >= 11 is 0. The molecule has 0 amide bonds. The molecule has 1 heteroatoms. The zero-order valence-electron chi connectivity index (χ0n) is 6.34. The molecule has 2 N–H and O–H groups in total. The molecule has 2 rings (SSSR count). The van der Waals surface area contributed by atoms with Crippen molar-refractivity contribution in [3.8, 4) is 0 Å². The normalized spacial score (nSPS) is 40.7. The maximum atomic E-state index is 5.88. The summed E-state index contributed by atoms with van der Waals surface area (Å²) in [5, 5.41) is 0. The summed E-state index contributed by atoms with van der Waals surface area (Å²) in [5.41, 5.74) is 7.15. The van der Waals surface area contributed by atoms with E-state index < -0.39 is 0 Å². The Morgan fingerprint density at radius 2 is 2.10 bits per heavy atom. The second-order valence-corrected chi connectivity index (χ2v) is 3.74. The van der Waals surface area contributed by atoms with Gasteiger partial charge in [0.25, 0.3) is 0 Å². The van der Waals surface area contributed by atoms with Crippen molar-refractivity contribution in [3.05, 3.63) is 12.2 Å². The standard InChI is InChI=1S/C9H15N/c1-6-5-8(9(6)10)7-3-2-4-7/h7-9H,1-5,10H2. The van der Waals surface area contributed by atoms with E-state index in [0.29, 0.717) is 6.04 Å². The molecule has 2 aliphatic carbocycles. The van der Waals surface area contributed by atoms with Gasteiger partial charge in [-0.3, -0.25) is 0 Å². The van der Waals surface area contributed by atoms with Gasteiger partial charge in [-0.1, -0.05) is 31.4 Å². The van der Waals surface area contributed by atoms with Crippen LogP contribution in [0.2, 0.25) is 0 Å². The lowest BCUT2D eigenvalue weighted by molar-refractivity contribution is 0.148. The molecule has 2 atom stereocenters. The fourth-order valence-electron chi connectivity index (χ4n) is 2.04. The summed E-state index contributed by atoms with van der Waals surface area (Å²) in [6.45, 7) is 3.91. The van der Waals surface area contributed by atoms with Gasteiger partial charge in [0.1, 0.15) is 0 Å². The van der Waals surface area contributed by atoms with Gasteiger partial charge in [-0.25, -0.2) is 0 Å². The minimum Gasteiger partial charge on any atom is -0.324 e. The Kier molecular flexibility index (Phi) is 1.34. The van der Waals surface area contributed by atoms with Crippen LogP contribution in [0.5, 0.6) is 0 Å². The SMILES string of the molecule is C=C1CC(C2CCC2)C1N. The minimum absolute atomic E-state index is 0.352. The minimum atomic E-state index is 0.352. The molecule has 0 aliphatic heterocycles. The van der Waals surface area contributed by atoms with E-state index in [9.17, 15) is 0 Å². The zero-order valence-corrected chi connectivity index (χ0v) is 6.34. The Balaban J connectivity index is 1.90. The number of hydrogen-bond donors (Lipinski definition) is 1. The number of rotatable bonds is 1. The first-order chi connectivity index (χ1) is 4.79. The van der Waals surface area contributed by atoms with E-state index >= 15 is 0 Å². The first-order valence-electron chi connectivity index (χ1n) is 4.22. The van der Waals surface area contributed by atoms with Gasteiger partial charge in [0.2, 0.25) is 0 Å². The van der Waals surface area contributed by atoms with Crippen LogP contribution in [0, 0.1) is 11.8 Å². The van der Waals surface area contributed by atoms with Gasteiger partial charge in [0.05, 0.1) is 0 Å². The van der Waals surface area contributed by atoms with Crippen molar-refractivity contribution in [1.29, 1.82) is 0 Å². The Labute approximate surface area is 62.3 Å². The topological polar surface area (TPSA) is 26.0 Å². The van der Waals surface area contributed by atoms with Crippen molar-refractivity contribution in [1.82, 2.24) is 0 Å². The van der Waals surface area contributed by atoms with E-state index in [-0.39, 0.29) is 0 Å². The molecule has 2 aliphatic rings. The molecule has 2 saturated carbocycles. The maximum Gasteiger partial charge on any atom is 0.0285 e. The molecule has 10 heavy (non-hydrogen) atoms. The summed E-state index contributed by atoms with van der Waals surface area (Å²) < 4.78 is 0. The number of hydrogen-bond acceptors (Lipinski definition) is 1. The molecular formula is C9H15N. The van der Waals surface area contributed by atoms with Crippen molar-refractivity contribution in [3.63, 3.8) is 0 Å². The van der Waals surface area contributed by atoms with Crippen molar-refractivity contribution < 1.29 is 0 Å². The Bertz CT molecular complexity index is 158. The Hall–Kier alpha value is -0.300. The lowest BCUT2D eigenvalue weighted by Crippen LogP contribution is -2.47. The summed E-state index contributed by atoms with van der Waals surface area (Å²) in [5.74, 6) is 1.77. The van der Waals surface area contributed by atoms with Crippen LogP contribution in [0.4, 0.5) is 0 Å². The van der Waals surface area contributed by atoms with Gasteiger partial charge in [0, 0.05) is 6.04 Å². The molecule has 0 spiro atoms. The van der Waals surface area contributed by atoms with Crippen molar-refractivity contribution in [2.45, 2.75) is 31.7 Å². The smallest absolute Gasteiger partial charge is 0.0285 e. The van der Waals surface area contributed by atoms with E-state index in [0.717, 1.165) is 11.8 Å². The van der Waals surface area contributed by atoms with Gasteiger partial charge in [0.15, 0.2) is 0 Å². The van der Waals surface area contributed by atoms with Crippen LogP contribution in [-0.4, -0.2) is 6.04 Å². The van der Waals surface area contributed by atoms with Crippen molar-refractivity contribution in [2.75, 3.05) is 0 Å². The molecule has 0 radical (unpaired) electrons. The fraction of sp³-hybridized carbons (Fsp3) is 0.778. The average Bonchev–Trinajstić information content (AvgIpc) is 1.83. The predicted octanol–water partition coefficient (Wildman–Crippen LogP) is 1.69. The van der Waals surface area contributed by atoms with Crippen LogP contribution in [0.25, 0.3) is 0 Å². The largest absolute Gasteiger partial charge is 0.324 e. The van der Waals surface area contributed by atoms with Gasteiger partial charge in [-0.05, 0) is 18.3 Å². The van der Waals surface area contributed by atoms with Gasteiger partial charge >= 0.3 is 0 Å². The fourth-order valence-corrected chi connectivity index (χ4v) is 2.04. The highest BCUT2D eigenvalue weighted by Crippen LogP contribution is 2.44. The second-order valence-electron chi connectivity index (χ2n) is 3.74. The van der Waals surface area contributed by atoms with Gasteiger partial charge in [-0.15, -0.1) is 0 Å². The predicted molar refractivity (Wildman–Crippen MR) is 42.6 cm³/mol. The summed E-state index contributed by atoms with van der Waals surface area (Å²) in [4.78, 5) is 0.